The van der Waals surface area contributed by atoms with Crippen LogP contribution < -0.4 is 5.73 Å². The number of benzene rings is 1. The molecule has 0 fully saturated rings. The van der Waals surface area contributed by atoms with Gasteiger partial charge in [0, 0.05) is 17.4 Å². The maximum Gasteiger partial charge on any atom is 0.154 e. The first kappa shape index (κ1) is 13.1. The highest BCUT2D eigenvalue weighted by molar-refractivity contribution is 7.92. The Morgan fingerprint density at radius 3 is 2.44 bits per heavy atom. The van der Waals surface area contributed by atoms with Crippen molar-refractivity contribution in [2.75, 3.05) is 5.75 Å². The number of rotatable bonds is 4. The average molecular weight is 245 g/mol. The highest BCUT2D eigenvalue weighted by Gasteiger charge is 2.27. The molecule has 2 N–H and O–H groups in total. The molecule has 0 aromatic heterocycles. The Hall–Kier alpha value is -0.940. The quantitative estimate of drug-likeness (QED) is 0.877. The predicted molar refractivity (Wildman–Crippen MR) is 62.3 cm³/mol. The van der Waals surface area contributed by atoms with Gasteiger partial charge >= 0.3 is 0 Å². The van der Waals surface area contributed by atoms with Gasteiger partial charge in [-0.05, 0) is 13.0 Å². The molecule has 0 amide bonds. The van der Waals surface area contributed by atoms with Crippen molar-refractivity contribution in [3.8, 4) is 0 Å². The van der Waals surface area contributed by atoms with Crippen molar-refractivity contribution in [3.05, 3.63) is 35.6 Å². The van der Waals surface area contributed by atoms with Crippen LogP contribution in [0.15, 0.2) is 24.3 Å². The van der Waals surface area contributed by atoms with Gasteiger partial charge in [0.15, 0.2) is 9.84 Å². The molecule has 0 aliphatic rings. The molecule has 0 bridgehead atoms. The zero-order chi connectivity index (χ0) is 12.3. The maximum absolute atomic E-state index is 13.4. The van der Waals surface area contributed by atoms with Crippen molar-refractivity contribution in [1.29, 1.82) is 0 Å². The van der Waals surface area contributed by atoms with Gasteiger partial charge in [0.1, 0.15) is 5.82 Å². The van der Waals surface area contributed by atoms with Gasteiger partial charge in [-0.25, -0.2) is 12.8 Å². The van der Waals surface area contributed by atoms with E-state index < -0.39 is 26.9 Å². The summed E-state index contributed by atoms with van der Waals surface area (Å²) in [6.45, 7) is 3.07. The van der Waals surface area contributed by atoms with Crippen LogP contribution in [0.5, 0.6) is 0 Å². The van der Waals surface area contributed by atoms with E-state index >= 15 is 0 Å². The summed E-state index contributed by atoms with van der Waals surface area (Å²) in [6.07, 6.45) is 0. The second kappa shape index (κ2) is 4.93. The normalized spacial score (nSPS) is 15.8. The lowest BCUT2D eigenvalue weighted by Gasteiger charge is -2.20. The largest absolute Gasteiger partial charge is 0.323 e. The van der Waals surface area contributed by atoms with Gasteiger partial charge in [-0.3, -0.25) is 0 Å². The average Bonchev–Trinajstić information content (AvgIpc) is 2.27. The molecular weight excluding hydrogens is 229 g/mol. The van der Waals surface area contributed by atoms with E-state index in [1.165, 1.54) is 19.1 Å². The molecule has 0 spiro atoms. The van der Waals surface area contributed by atoms with Gasteiger partial charge in [-0.1, -0.05) is 25.1 Å². The Morgan fingerprint density at radius 2 is 1.94 bits per heavy atom. The van der Waals surface area contributed by atoms with Crippen molar-refractivity contribution in [1.82, 2.24) is 0 Å². The van der Waals surface area contributed by atoms with E-state index in [2.05, 4.69) is 0 Å². The van der Waals surface area contributed by atoms with Gasteiger partial charge in [0.2, 0.25) is 0 Å². The summed E-state index contributed by atoms with van der Waals surface area (Å²) in [4.78, 5) is 0. The van der Waals surface area contributed by atoms with E-state index in [1.54, 1.807) is 19.1 Å². The molecule has 16 heavy (non-hydrogen) atoms. The molecule has 1 aromatic carbocycles. The Morgan fingerprint density at radius 1 is 1.38 bits per heavy atom. The molecule has 0 radical (unpaired) electrons. The van der Waals surface area contributed by atoms with Crippen LogP contribution in [0.1, 0.15) is 25.5 Å². The second-order valence-corrected chi connectivity index (χ2v) is 6.35. The van der Waals surface area contributed by atoms with E-state index in [0.717, 1.165) is 0 Å². The Labute approximate surface area is 95.4 Å². The van der Waals surface area contributed by atoms with E-state index in [-0.39, 0.29) is 11.3 Å². The predicted octanol–water partition coefficient (Wildman–Crippen LogP) is 1.65. The minimum absolute atomic E-state index is 0.0102. The van der Waals surface area contributed by atoms with Crippen molar-refractivity contribution < 1.29 is 12.8 Å². The van der Waals surface area contributed by atoms with Gasteiger partial charge in [-0.15, -0.1) is 0 Å². The lowest BCUT2D eigenvalue weighted by atomic mass is 10.0. The highest BCUT2D eigenvalue weighted by atomic mass is 32.2. The second-order valence-electron chi connectivity index (χ2n) is 3.70. The molecule has 2 unspecified atom stereocenters. The topological polar surface area (TPSA) is 60.2 Å². The van der Waals surface area contributed by atoms with Crippen LogP contribution in [0.4, 0.5) is 4.39 Å². The van der Waals surface area contributed by atoms with Gasteiger partial charge in [0.05, 0.1) is 5.25 Å². The third-order valence-electron chi connectivity index (χ3n) is 2.74. The van der Waals surface area contributed by atoms with Crippen LogP contribution in [0.2, 0.25) is 0 Å². The molecule has 0 heterocycles. The number of hydrogen-bond donors (Lipinski definition) is 1. The molecular formula is C11H16FNO2S. The monoisotopic (exact) mass is 245 g/mol. The zero-order valence-electron chi connectivity index (χ0n) is 9.35. The third kappa shape index (κ3) is 2.59. The molecule has 0 aliphatic heterocycles. The summed E-state index contributed by atoms with van der Waals surface area (Å²) in [5.41, 5.74) is 6.02. The summed E-state index contributed by atoms with van der Waals surface area (Å²) in [5.74, 6) is -0.454. The van der Waals surface area contributed by atoms with Crippen LogP contribution in [0.25, 0.3) is 0 Å². The Balaban J connectivity index is 3.04. The van der Waals surface area contributed by atoms with Crippen molar-refractivity contribution >= 4 is 9.84 Å². The molecule has 0 saturated carbocycles. The number of hydrogen-bond acceptors (Lipinski definition) is 3. The zero-order valence-corrected chi connectivity index (χ0v) is 10.2. The molecule has 2 atom stereocenters. The molecule has 0 saturated heterocycles. The Bertz CT molecular complexity index is 459. The van der Waals surface area contributed by atoms with Crippen LogP contribution >= 0.6 is 0 Å². The maximum atomic E-state index is 13.4. The summed E-state index contributed by atoms with van der Waals surface area (Å²) in [6, 6.07) is 5.15. The summed E-state index contributed by atoms with van der Waals surface area (Å²) in [5, 5.41) is -0.783. The molecule has 5 heteroatoms. The highest BCUT2D eigenvalue weighted by Crippen LogP contribution is 2.22. The molecule has 3 nitrogen and oxygen atoms in total. The van der Waals surface area contributed by atoms with E-state index in [4.69, 9.17) is 5.73 Å². The fourth-order valence-electron chi connectivity index (χ4n) is 1.48. The molecule has 0 aliphatic carbocycles. The SMILES string of the molecule is CCS(=O)(=O)C(C)C(N)c1ccccc1F. The van der Waals surface area contributed by atoms with Crippen molar-refractivity contribution in [3.63, 3.8) is 0 Å². The standard InChI is InChI=1S/C11H16FNO2S/c1-3-16(14,15)8(2)11(13)9-6-4-5-7-10(9)12/h4-8,11H,3,13H2,1-2H3. The minimum atomic E-state index is -3.25. The van der Waals surface area contributed by atoms with Gasteiger partial charge in [-0.2, -0.15) is 0 Å². The first-order valence-corrected chi connectivity index (χ1v) is 6.83. The first-order chi connectivity index (χ1) is 7.40. The fourth-order valence-corrected chi connectivity index (χ4v) is 2.60. The van der Waals surface area contributed by atoms with Crippen LogP contribution in [0, 0.1) is 5.82 Å². The molecule has 90 valence electrons. The lowest BCUT2D eigenvalue weighted by molar-refractivity contribution is 0.547. The molecule has 1 aromatic rings. The van der Waals surface area contributed by atoms with Crippen LogP contribution in [-0.4, -0.2) is 19.4 Å². The van der Waals surface area contributed by atoms with E-state index in [0.29, 0.717) is 0 Å². The van der Waals surface area contributed by atoms with E-state index in [1.807, 2.05) is 0 Å². The summed E-state index contributed by atoms with van der Waals surface area (Å²) >= 11 is 0. The van der Waals surface area contributed by atoms with Crippen LogP contribution in [-0.2, 0) is 9.84 Å². The smallest absolute Gasteiger partial charge is 0.154 e. The van der Waals surface area contributed by atoms with E-state index in [9.17, 15) is 12.8 Å². The summed E-state index contributed by atoms with van der Waals surface area (Å²) < 4.78 is 36.7. The van der Waals surface area contributed by atoms with Crippen molar-refractivity contribution in [2.24, 2.45) is 5.73 Å². The first-order valence-electron chi connectivity index (χ1n) is 5.11. The van der Waals surface area contributed by atoms with Gasteiger partial charge < -0.3 is 5.73 Å². The third-order valence-corrected chi connectivity index (χ3v) is 4.97. The van der Waals surface area contributed by atoms with Crippen molar-refractivity contribution in [2.45, 2.75) is 25.1 Å². The number of sulfone groups is 1. The number of nitrogens with two attached hydrogens (primary N) is 1. The molecule has 1 rings (SSSR count). The lowest BCUT2D eigenvalue weighted by Crippen LogP contribution is -2.32. The summed E-state index contributed by atoms with van der Waals surface area (Å²) in [7, 11) is -3.25. The minimum Gasteiger partial charge on any atom is -0.323 e. The fraction of sp³-hybridized carbons (Fsp3) is 0.455. The van der Waals surface area contributed by atoms with Crippen LogP contribution in [0.3, 0.4) is 0 Å². The number of halogens is 1. The Kier molecular flexibility index (Phi) is 4.04. The van der Waals surface area contributed by atoms with Gasteiger partial charge in [0.25, 0.3) is 0 Å².